The second-order valence-electron chi connectivity index (χ2n) is 4.81. The first-order valence-corrected chi connectivity index (χ1v) is 7.49. The van der Waals surface area contributed by atoms with E-state index in [9.17, 15) is 8.42 Å². The summed E-state index contributed by atoms with van der Waals surface area (Å²) in [7, 11) is -3.12. The van der Waals surface area contributed by atoms with Crippen molar-refractivity contribution in [3.8, 4) is 0 Å². The van der Waals surface area contributed by atoms with E-state index < -0.39 is 9.84 Å². The number of sulfone groups is 1. The zero-order valence-corrected chi connectivity index (χ0v) is 10.6. The Morgan fingerprint density at radius 2 is 1.88 bits per heavy atom. The Balaban J connectivity index is 1.99. The van der Waals surface area contributed by atoms with Crippen molar-refractivity contribution in [2.24, 2.45) is 5.41 Å². The van der Waals surface area contributed by atoms with Crippen molar-refractivity contribution < 1.29 is 13.5 Å². The molecule has 0 saturated heterocycles. The fraction of sp³-hybridized carbons (Fsp3) is 0.500. The van der Waals surface area contributed by atoms with Crippen molar-refractivity contribution >= 4 is 15.5 Å². The average molecular weight is 255 g/mol. The Kier molecular flexibility index (Phi) is 3.14. The largest absolute Gasteiger partial charge is 0.396 e. The fourth-order valence-corrected chi connectivity index (χ4v) is 2.31. The molecule has 0 amide bonds. The lowest BCUT2D eigenvalue weighted by atomic mass is 10.1. The van der Waals surface area contributed by atoms with Gasteiger partial charge in [-0.05, 0) is 37.1 Å². The molecule has 0 radical (unpaired) electrons. The summed E-state index contributed by atoms with van der Waals surface area (Å²) in [5, 5.41) is 12.4. The topological polar surface area (TPSA) is 66.4 Å². The normalized spacial score (nSPS) is 17.8. The third kappa shape index (κ3) is 2.98. The lowest BCUT2D eigenvalue weighted by molar-refractivity contribution is 0.220. The van der Waals surface area contributed by atoms with Gasteiger partial charge >= 0.3 is 0 Å². The molecule has 1 aliphatic rings. The van der Waals surface area contributed by atoms with E-state index >= 15 is 0 Å². The molecule has 0 atom stereocenters. The number of anilines is 1. The highest BCUT2D eigenvalue weighted by Crippen LogP contribution is 2.44. The van der Waals surface area contributed by atoms with Crippen LogP contribution in [0, 0.1) is 5.41 Å². The van der Waals surface area contributed by atoms with Gasteiger partial charge in [-0.25, -0.2) is 8.42 Å². The van der Waals surface area contributed by atoms with E-state index in [0.29, 0.717) is 4.90 Å². The van der Waals surface area contributed by atoms with Gasteiger partial charge in [0.2, 0.25) is 0 Å². The summed E-state index contributed by atoms with van der Waals surface area (Å²) in [6, 6.07) is 6.69. The van der Waals surface area contributed by atoms with Gasteiger partial charge in [0, 0.05) is 23.9 Å². The SMILES string of the molecule is CS(=O)(=O)c1ccc(NCC2(CO)CC2)cc1. The van der Waals surface area contributed by atoms with Gasteiger partial charge in [0.15, 0.2) is 9.84 Å². The third-order valence-electron chi connectivity index (χ3n) is 3.24. The fourth-order valence-electron chi connectivity index (χ4n) is 1.68. The molecule has 1 saturated carbocycles. The van der Waals surface area contributed by atoms with Crippen LogP contribution in [0.15, 0.2) is 29.2 Å². The molecule has 0 spiro atoms. The van der Waals surface area contributed by atoms with E-state index in [1.165, 1.54) is 6.26 Å². The molecule has 1 aromatic rings. The van der Waals surface area contributed by atoms with Crippen LogP contribution in [-0.2, 0) is 9.84 Å². The molecule has 1 aliphatic carbocycles. The maximum Gasteiger partial charge on any atom is 0.175 e. The van der Waals surface area contributed by atoms with Crippen LogP contribution >= 0.6 is 0 Å². The molecule has 2 rings (SSSR count). The van der Waals surface area contributed by atoms with Crippen LogP contribution in [0.25, 0.3) is 0 Å². The summed E-state index contributed by atoms with van der Waals surface area (Å²) >= 11 is 0. The van der Waals surface area contributed by atoms with Gasteiger partial charge in [-0.2, -0.15) is 0 Å². The number of aliphatic hydroxyl groups is 1. The summed E-state index contributed by atoms with van der Waals surface area (Å²) in [5.41, 5.74) is 0.937. The van der Waals surface area contributed by atoms with Crippen LogP contribution in [0.1, 0.15) is 12.8 Å². The molecule has 0 bridgehead atoms. The molecule has 5 heteroatoms. The second kappa shape index (κ2) is 4.31. The zero-order chi connectivity index (χ0) is 12.5. The van der Waals surface area contributed by atoms with Gasteiger partial charge in [0.1, 0.15) is 0 Å². The van der Waals surface area contributed by atoms with Crippen molar-refractivity contribution in [3.05, 3.63) is 24.3 Å². The number of hydrogen-bond donors (Lipinski definition) is 2. The minimum atomic E-state index is -3.12. The monoisotopic (exact) mass is 255 g/mol. The molecule has 0 aromatic heterocycles. The smallest absolute Gasteiger partial charge is 0.175 e. The Bertz CT molecular complexity index is 489. The van der Waals surface area contributed by atoms with Crippen LogP contribution in [0.2, 0.25) is 0 Å². The highest BCUT2D eigenvalue weighted by Gasteiger charge is 2.41. The van der Waals surface area contributed by atoms with Crippen LogP contribution in [-0.4, -0.2) is 32.9 Å². The van der Waals surface area contributed by atoms with Crippen molar-refractivity contribution in [2.45, 2.75) is 17.7 Å². The number of benzene rings is 1. The van der Waals surface area contributed by atoms with Crippen LogP contribution in [0.3, 0.4) is 0 Å². The van der Waals surface area contributed by atoms with Gasteiger partial charge in [0.05, 0.1) is 11.5 Å². The third-order valence-corrected chi connectivity index (χ3v) is 4.37. The van der Waals surface area contributed by atoms with Gasteiger partial charge in [-0.1, -0.05) is 0 Å². The minimum absolute atomic E-state index is 0.0511. The highest BCUT2D eigenvalue weighted by atomic mass is 32.2. The van der Waals surface area contributed by atoms with Crippen LogP contribution < -0.4 is 5.32 Å². The Labute approximate surface area is 102 Å². The first kappa shape index (κ1) is 12.4. The lowest BCUT2D eigenvalue weighted by Crippen LogP contribution is -2.18. The van der Waals surface area contributed by atoms with E-state index in [1.54, 1.807) is 24.3 Å². The molecular weight excluding hydrogens is 238 g/mol. The van der Waals surface area contributed by atoms with Crippen molar-refractivity contribution in [1.29, 1.82) is 0 Å². The molecule has 4 nitrogen and oxygen atoms in total. The van der Waals surface area contributed by atoms with Crippen molar-refractivity contribution in [1.82, 2.24) is 0 Å². The summed E-state index contributed by atoms with van der Waals surface area (Å²) in [5.74, 6) is 0. The predicted molar refractivity (Wildman–Crippen MR) is 66.8 cm³/mol. The first-order valence-electron chi connectivity index (χ1n) is 5.60. The summed E-state index contributed by atoms with van der Waals surface area (Å²) in [6.07, 6.45) is 3.30. The quantitative estimate of drug-likeness (QED) is 0.831. The number of aliphatic hydroxyl groups excluding tert-OH is 1. The van der Waals surface area contributed by atoms with Gasteiger partial charge in [-0.15, -0.1) is 0 Å². The van der Waals surface area contributed by atoms with Gasteiger partial charge < -0.3 is 10.4 Å². The Morgan fingerprint density at radius 3 is 2.29 bits per heavy atom. The van der Waals surface area contributed by atoms with E-state index in [1.807, 2.05) is 0 Å². The van der Waals surface area contributed by atoms with E-state index in [4.69, 9.17) is 5.11 Å². The maximum atomic E-state index is 11.3. The van der Waals surface area contributed by atoms with Gasteiger partial charge in [0.25, 0.3) is 0 Å². The summed E-state index contributed by atoms with van der Waals surface area (Å²) in [6.45, 7) is 0.948. The molecule has 1 fully saturated rings. The summed E-state index contributed by atoms with van der Waals surface area (Å²) in [4.78, 5) is 0.325. The van der Waals surface area contributed by atoms with Crippen molar-refractivity contribution in [3.63, 3.8) is 0 Å². The standard InChI is InChI=1S/C12H17NO3S/c1-17(15,16)11-4-2-10(3-5-11)13-8-12(9-14)6-7-12/h2-5,13-14H,6-9H2,1H3. The maximum absolute atomic E-state index is 11.3. The predicted octanol–water partition coefficient (Wildman–Crippen LogP) is 1.27. The average Bonchev–Trinajstić information content (AvgIpc) is 3.06. The molecule has 17 heavy (non-hydrogen) atoms. The molecule has 0 unspecified atom stereocenters. The molecule has 0 heterocycles. The van der Waals surface area contributed by atoms with E-state index in [0.717, 1.165) is 25.1 Å². The van der Waals surface area contributed by atoms with E-state index in [-0.39, 0.29) is 12.0 Å². The van der Waals surface area contributed by atoms with E-state index in [2.05, 4.69) is 5.32 Å². The zero-order valence-electron chi connectivity index (χ0n) is 9.81. The summed E-state index contributed by atoms with van der Waals surface area (Å²) < 4.78 is 22.5. The molecule has 1 aromatic carbocycles. The van der Waals surface area contributed by atoms with Crippen LogP contribution in [0.5, 0.6) is 0 Å². The lowest BCUT2D eigenvalue weighted by Gasteiger charge is -2.13. The first-order chi connectivity index (χ1) is 7.95. The number of hydrogen-bond acceptors (Lipinski definition) is 4. The Hall–Kier alpha value is -1.07. The molecular formula is C12H17NO3S. The van der Waals surface area contributed by atoms with Crippen LogP contribution in [0.4, 0.5) is 5.69 Å². The number of nitrogens with one attached hydrogen (secondary N) is 1. The molecule has 0 aliphatic heterocycles. The minimum Gasteiger partial charge on any atom is -0.396 e. The molecule has 94 valence electrons. The molecule has 2 N–H and O–H groups in total. The van der Waals surface area contributed by atoms with Crippen molar-refractivity contribution in [2.75, 3.05) is 24.7 Å². The Morgan fingerprint density at radius 1 is 1.29 bits per heavy atom. The second-order valence-corrected chi connectivity index (χ2v) is 6.82. The number of rotatable bonds is 5. The van der Waals surface area contributed by atoms with Gasteiger partial charge in [-0.3, -0.25) is 0 Å². The highest BCUT2D eigenvalue weighted by molar-refractivity contribution is 7.90.